The summed E-state index contributed by atoms with van der Waals surface area (Å²) in [5.41, 5.74) is 2.53. The molecule has 1 aromatic carbocycles. The summed E-state index contributed by atoms with van der Waals surface area (Å²) < 4.78 is 0. The number of nitrogens with one attached hydrogen (secondary N) is 1. The Morgan fingerprint density at radius 1 is 1.35 bits per heavy atom. The van der Waals surface area contributed by atoms with Crippen LogP contribution in [0.25, 0.3) is 0 Å². The standard InChI is InChI=1S/C18H25Cl2N4OP/c1-6-11(2)9-21-15-12(3)7-8-14(16(15)26(4,5)25)23-17-13(19)10-22-18(20)24-17/h7-11,25-26H,6H2,1-5H3,(H,22,23,24)/b21-9-. The van der Waals surface area contributed by atoms with Gasteiger partial charge in [0.15, 0.2) is 0 Å². The van der Waals surface area contributed by atoms with Crippen LogP contribution in [0.15, 0.2) is 23.3 Å². The molecule has 1 heterocycles. The average molecular weight is 415 g/mol. The molecule has 0 saturated heterocycles. The molecule has 26 heavy (non-hydrogen) atoms. The van der Waals surface area contributed by atoms with E-state index in [0.29, 0.717) is 16.8 Å². The third kappa shape index (κ3) is 5.14. The summed E-state index contributed by atoms with van der Waals surface area (Å²) in [6.45, 7) is 9.96. The van der Waals surface area contributed by atoms with Crippen molar-refractivity contribution in [1.82, 2.24) is 9.97 Å². The zero-order chi connectivity index (χ0) is 19.5. The molecule has 0 spiro atoms. The molecule has 5 nitrogen and oxygen atoms in total. The second kappa shape index (κ2) is 8.62. The molecule has 142 valence electrons. The van der Waals surface area contributed by atoms with E-state index in [-0.39, 0.29) is 5.28 Å². The number of halogens is 2. The summed E-state index contributed by atoms with van der Waals surface area (Å²) in [4.78, 5) is 23.6. The van der Waals surface area contributed by atoms with Crippen LogP contribution in [0.2, 0.25) is 10.3 Å². The molecule has 0 aliphatic rings. The molecule has 0 aliphatic heterocycles. The predicted molar refractivity (Wildman–Crippen MR) is 116 cm³/mol. The van der Waals surface area contributed by atoms with Gasteiger partial charge >= 0.3 is 165 Å². The molecule has 1 unspecified atom stereocenters. The van der Waals surface area contributed by atoms with E-state index in [9.17, 15) is 4.89 Å². The van der Waals surface area contributed by atoms with Gasteiger partial charge in [-0.05, 0) is 0 Å². The molecule has 8 heteroatoms. The Labute approximate surface area is 165 Å². The van der Waals surface area contributed by atoms with Crippen molar-refractivity contribution in [2.75, 3.05) is 18.6 Å². The second-order valence-electron chi connectivity index (χ2n) is 6.84. The fourth-order valence-corrected chi connectivity index (χ4v) is 4.37. The van der Waals surface area contributed by atoms with Gasteiger partial charge in [-0.3, -0.25) is 0 Å². The molecule has 2 N–H and O–H groups in total. The Morgan fingerprint density at radius 3 is 2.65 bits per heavy atom. The molecule has 0 amide bonds. The number of aromatic nitrogens is 2. The molecular formula is C18H25Cl2N4OP. The van der Waals surface area contributed by atoms with Crippen LogP contribution in [-0.2, 0) is 0 Å². The van der Waals surface area contributed by atoms with Crippen molar-refractivity contribution in [2.24, 2.45) is 10.9 Å². The van der Waals surface area contributed by atoms with Crippen LogP contribution >= 0.6 is 30.7 Å². The molecule has 1 aromatic heterocycles. The zero-order valence-electron chi connectivity index (χ0n) is 15.6. The van der Waals surface area contributed by atoms with Gasteiger partial charge in [0, 0.05) is 0 Å². The Bertz CT molecular complexity index is 822. The van der Waals surface area contributed by atoms with Gasteiger partial charge in [0.2, 0.25) is 0 Å². The van der Waals surface area contributed by atoms with E-state index in [1.807, 2.05) is 38.6 Å². The van der Waals surface area contributed by atoms with Gasteiger partial charge in [-0.25, -0.2) is 0 Å². The summed E-state index contributed by atoms with van der Waals surface area (Å²) in [7, 11) is -2.72. The van der Waals surface area contributed by atoms with E-state index in [0.717, 1.165) is 28.7 Å². The van der Waals surface area contributed by atoms with Crippen LogP contribution in [0.4, 0.5) is 17.2 Å². The predicted octanol–water partition coefficient (Wildman–Crippen LogP) is 5.13. The van der Waals surface area contributed by atoms with E-state index >= 15 is 0 Å². The van der Waals surface area contributed by atoms with Crippen LogP contribution in [0.3, 0.4) is 0 Å². The van der Waals surface area contributed by atoms with Crippen LogP contribution in [0, 0.1) is 12.8 Å². The van der Waals surface area contributed by atoms with Crippen molar-refractivity contribution >= 4 is 59.4 Å². The Morgan fingerprint density at radius 2 is 2.04 bits per heavy atom. The first-order valence-corrected chi connectivity index (χ1v) is 12.2. The van der Waals surface area contributed by atoms with Crippen molar-refractivity contribution in [3.63, 3.8) is 0 Å². The van der Waals surface area contributed by atoms with Crippen molar-refractivity contribution in [3.8, 4) is 0 Å². The Kier molecular flexibility index (Phi) is 6.98. The topological polar surface area (TPSA) is 70.4 Å². The summed E-state index contributed by atoms with van der Waals surface area (Å²) in [6.07, 6.45) is 4.38. The molecular weight excluding hydrogens is 390 g/mol. The maximum atomic E-state index is 10.9. The van der Waals surface area contributed by atoms with Gasteiger partial charge in [0.25, 0.3) is 0 Å². The van der Waals surface area contributed by atoms with E-state index in [4.69, 9.17) is 28.2 Å². The van der Waals surface area contributed by atoms with E-state index < -0.39 is 7.49 Å². The number of aliphatic imine (C=N–C) groups is 1. The molecule has 0 radical (unpaired) electrons. The number of hydrogen-bond donors (Lipinski definition) is 2. The summed E-state index contributed by atoms with van der Waals surface area (Å²) >= 11 is 12.1. The van der Waals surface area contributed by atoms with E-state index in [2.05, 4.69) is 29.1 Å². The van der Waals surface area contributed by atoms with Crippen molar-refractivity contribution in [3.05, 3.63) is 34.2 Å². The fraction of sp³-hybridized carbons (Fsp3) is 0.389. The number of nitrogens with zero attached hydrogens (tertiary/aromatic N) is 3. The molecule has 2 rings (SSSR count). The average Bonchev–Trinajstić information content (AvgIpc) is 2.56. The SMILES string of the molecule is CCC(C)/C=N\c1c(C)ccc(Nc2nc(Cl)ncc2Cl)c1[PH](C)(C)O. The number of benzene rings is 1. The summed E-state index contributed by atoms with van der Waals surface area (Å²) in [5, 5.41) is 4.45. The first kappa shape index (κ1) is 21.0. The van der Waals surface area contributed by atoms with Gasteiger partial charge < -0.3 is 0 Å². The summed E-state index contributed by atoms with van der Waals surface area (Å²) in [6, 6.07) is 3.87. The first-order chi connectivity index (χ1) is 12.1. The van der Waals surface area contributed by atoms with Gasteiger partial charge in [-0.1, -0.05) is 0 Å². The maximum absolute atomic E-state index is 10.9. The number of aryl methyl sites for hydroxylation is 1. The van der Waals surface area contributed by atoms with E-state index in [1.54, 1.807) is 0 Å². The first-order valence-electron chi connectivity index (χ1n) is 8.49. The fourth-order valence-electron chi connectivity index (χ4n) is 2.45. The van der Waals surface area contributed by atoms with Crippen LogP contribution in [0.5, 0.6) is 0 Å². The van der Waals surface area contributed by atoms with Crippen LogP contribution in [-0.4, -0.2) is 34.4 Å². The van der Waals surface area contributed by atoms with Gasteiger partial charge in [-0.15, -0.1) is 0 Å². The van der Waals surface area contributed by atoms with E-state index in [1.165, 1.54) is 6.20 Å². The van der Waals surface area contributed by atoms with Crippen molar-refractivity contribution in [1.29, 1.82) is 0 Å². The molecule has 1 atom stereocenters. The molecule has 0 fully saturated rings. The number of anilines is 2. The van der Waals surface area contributed by atoms with Gasteiger partial charge in [0.1, 0.15) is 0 Å². The number of hydrogen-bond acceptors (Lipinski definition) is 5. The Hall–Kier alpha value is -1.26. The summed E-state index contributed by atoms with van der Waals surface area (Å²) in [5.74, 6) is 0.754. The molecule has 2 aromatic rings. The Balaban J connectivity index is 2.59. The quantitative estimate of drug-likeness (QED) is 0.390. The third-order valence-electron chi connectivity index (χ3n) is 4.06. The van der Waals surface area contributed by atoms with Gasteiger partial charge in [-0.2, -0.15) is 0 Å². The van der Waals surface area contributed by atoms with Crippen molar-refractivity contribution < 1.29 is 4.89 Å². The zero-order valence-corrected chi connectivity index (χ0v) is 18.2. The third-order valence-corrected chi connectivity index (χ3v) is 6.25. The van der Waals surface area contributed by atoms with Crippen molar-refractivity contribution in [2.45, 2.75) is 27.2 Å². The minimum absolute atomic E-state index is 0.0982. The number of rotatable bonds is 6. The van der Waals surface area contributed by atoms with Crippen LogP contribution < -0.4 is 10.6 Å². The second-order valence-corrected chi connectivity index (χ2v) is 11.2. The molecule has 0 saturated carbocycles. The normalized spacial score (nSPS) is 13.8. The molecule has 0 bridgehead atoms. The molecule has 0 aliphatic carbocycles. The van der Waals surface area contributed by atoms with Crippen LogP contribution in [0.1, 0.15) is 25.8 Å². The van der Waals surface area contributed by atoms with Gasteiger partial charge in [0.05, 0.1) is 0 Å². The monoisotopic (exact) mass is 414 g/mol. The minimum atomic E-state index is -2.72.